The van der Waals surface area contributed by atoms with E-state index in [4.69, 9.17) is 5.11 Å². The van der Waals surface area contributed by atoms with Crippen LogP contribution in [0.1, 0.15) is 16.8 Å². The average molecular weight is 233 g/mol. The fraction of sp³-hybridized carbons (Fsp3) is 0.462. The van der Waals surface area contributed by atoms with E-state index in [2.05, 4.69) is 4.90 Å². The molecule has 1 aromatic carbocycles. The molecule has 2 bridgehead atoms. The van der Waals surface area contributed by atoms with Crippen LogP contribution in [0.4, 0.5) is 5.69 Å². The summed E-state index contributed by atoms with van der Waals surface area (Å²) >= 11 is 0. The second kappa shape index (κ2) is 3.74. The van der Waals surface area contributed by atoms with Crippen LogP contribution in [-0.4, -0.2) is 35.4 Å². The topological polar surface area (TPSA) is 60.8 Å². The highest BCUT2D eigenvalue weighted by molar-refractivity contribution is 5.88. The van der Waals surface area contributed by atoms with E-state index in [1.54, 1.807) is 12.1 Å². The van der Waals surface area contributed by atoms with E-state index >= 15 is 0 Å². The molecule has 1 aromatic rings. The highest BCUT2D eigenvalue weighted by atomic mass is 16.4. The summed E-state index contributed by atoms with van der Waals surface area (Å²) in [6.45, 7) is 1.76. The zero-order valence-electron chi connectivity index (χ0n) is 9.41. The Hall–Kier alpha value is -1.55. The van der Waals surface area contributed by atoms with Crippen molar-refractivity contribution in [1.29, 1.82) is 0 Å². The van der Waals surface area contributed by atoms with Gasteiger partial charge in [0.25, 0.3) is 0 Å². The lowest BCUT2D eigenvalue weighted by Crippen LogP contribution is -2.58. The second-order valence-corrected chi connectivity index (χ2v) is 5.00. The number of benzene rings is 1. The normalized spacial score (nSPS) is 30.9. The minimum atomic E-state index is -0.895. The van der Waals surface area contributed by atoms with Gasteiger partial charge in [-0.1, -0.05) is 0 Å². The second-order valence-electron chi connectivity index (χ2n) is 5.00. The van der Waals surface area contributed by atoms with Gasteiger partial charge < -0.3 is 15.1 Å². The molecule has 3 atom stereocenters. The summed E-state index contributed by atoms with van der Waals surface area (Å²) in [4.78, 5) is 13.0. The molecule has 0 spiro atoms. The molecular formula is C13H15NO3. The number of aliphatic hydroxyl groups excluding tert-OH is 1. The van der Waals surface area contributed by atoms with Gasteiger partial charge in [-0.25, -0.2) is 4.79 Å². The number of piperidine rings is 2. The van der Waals surface area contributed by atoms with Gasteiger partial charge in [0.2, 0.25) is 0 Å². The Morgan fingerprint density at radius 3 is 2.24 bits per heavy atom. The third-order valence-electron chi connectivity index (χ3n) is 3.96. The van der Waals surface area contributed by atoms with Crippen LogP contribution in [0.3, 0.4) is 0 Å². The molecule has 1 unspecified atom stereocenters. The molecule has 2 aliphatic heterocycles. The number of anilines is 1. The molecule has 0 aromatic heterocycles. The molecule has 3 fully saturated rings. The maximum atomic E-state index is 10.7. The molecule has 1 aliphatic carbocycles. The lowest BCUT2D eigenvalue weighted by atomic mass is 9.68. The summed E-state index contributed by atoms with van der Waals surface area (Å²) in [5.41, 5.74) is 1.37. The van der Waals surface area contributed by atoms with Crippen molar-refractivity contribution in [2.75, 3.05) is 18.0 Å². The van der Waals surface area contributed by atoms with Crippen molar-refractivity contribution in [2.24, 2.45) is 11.8 Å². The summed E-state index contributed by atoms with van der Waals surface area (Å²) < 4.78 is 0. The summed E-state index contributed by atoms with van der Waals surface area (Å²) in [5, 5.41) is 18.5. The smallest absolute Gasteiger partial charge is 0.335 e. The molecule has 0 amide bonds. The number of rotatable bonds is 2. The van der Waals surface area contributed by atoms with Crippen LogP contribution in [-0.2, 0) is 0 Å². The van der Waals surface area contributed by atoms with Gasteiger partial charge in [-0.2, -0.15) is 0 Å². The Morgan fingerprint density at radius 2 is 1.76 bits per heavy atom. The van der Waals surface area contributed by atoms with Crippen LogP contribution >= 0.6 is 0 Å². The van der Waals surface area contributed by atoms with Crippen LogP contribution in [0.2, 0.25) is 0 Å². The number of nitrogens with zero attached hydrogens (tertiary/aromatic N) is 1. The Bertz CT molecular complexity index is 430. The summed E-state index contributed by atoms with van der Waals surface area (Å²) in [6.07, 6.45) is 1.01. The SMILES string of the molecule is O=C(O)c1ccc(N2C[C@H]3C[C@@H](C2)C3O)cc1. The fourth-order valence-corrected chi connectivity index (χ4v) is 2.89. The number of carboxylic acid groups (broad SMARTS) is 1. The van der Waals surface area contributed by atoms with E-state index in [9.17, 15) is 9.90 Å². The van der Waals surface area contributed by atoms with Gasteiger partial charge in [0.1, 0.15) is 0 Å². The van der Waals surface area contributed by atoms with Crippen molar-refractivity contribution in [1.82, 2.24) is 0 Å². The van der Waals surface area contributed by atoms with Gasteiger partial charge in [0, 0.05) is 30.6 Å². The fourth-order valence-electron chi connectivity index (χ4n) is 2.89. The zero-order chi connectivity index (χ0) is 12.0. The first kappa shape index (κ1) is 10.6. The lowest BCUT2D eigenvalue weighted by molar-refractivity contribution is -0.0531. The van der Waals surface area contributed by atoms with Gasteiger partial charge >= 0.3 is 5.97 Å². The van der Waals surface area contributed by atoms with Gasteiger partial charge in [-0.15, -0.1) is 0 Å². The molecule has 4 rings (SSSR count). The number of aliphatic hydroxyl groups is 1. The predicted molar refractivity (Wildman–Crippen MR) is 63.2 cm³/mol. The minimum absolute atomic E-state index is 0.121. The molecule has 1 saturated carbocycles. The van der Waals surface area contributed by atoms with Crippen LogP contribution in [0.25, 0.3) is 0 Å². The predicted octanol–water partition coefficient (Wildman–Crippen LogP) is 1.20. The van der Waals surface area contributed by atoms with E-state index in [1.165, 1.54) is 0 Å². The van der Waals surface area contributed by atoms with E-state index in [0.717, 1.165) is 25.2 Å². The van der Waals surface area contributed by atoms with Gasteiger partial charge in [-0.05, 0) is 30.7 Å². The Morgan fingerprint density at radius 1 is 1.18 bits per heavy atom. The summed E-state index contributed by atoms with van der Waals surface area (Å²) in [7, 11) is 0. The minimum Gasteiger partial charge on any atom is -0.478 e. The van der Waals surface area contributed by atoms with Crippen molar-refractivity contribution in [3.05, 3.63) is 29.8 Å². The van der Waals surface area contributed by atoms with Gasteiger partial charge in [0.15, 0.2) is 0 Å². The summed E-state index contributed by atoms with van der Waals surface area (Å²) in [6, 6.07) is 6.96. The first-order valence-electron chi connectivity index (χ1n) is 5.91. The molecule has 3 aliphatic rings. The summed E-state index contributed by atoms with van der Waals surface area (Å²) in [5.74, 6) is -0.103. The van der Waals surface area contributed by atoms with Crippen molar-refractivity contribution in [2.45, 2.75) is 12.5 Å². The number of fused-ring (bicyclic) bond motifs is 2. The number of carbonyl (C=O) groups is 1. The Balaban J connectivity index is 1.75. The van der Waals surface area contributed by atoms with Crippen LogP contribution in [0, 0.1) is 11.8 Å². The highest BCUT2D eigenvalue weighted by Gasteiger charge is 2.45. The molecular weight excluding hydrogens is 218 g/mol. The first-order valence-corrected chi connectivity index (χ1v) is 5.91. The Kier molecular flexibility index (Phi) is 2.33. The van der Waals surface area contributed by atoms with Crippen LogP contribution < -0.4 is 4.90 Å². The zero-order valence-corrected chi connectivity index (χ0v) is 9.41. The molecule has 4 nitrogen and oxygen atoms in total. The first-order chi connectivity index (χ1) is 8.15. The molecule has 2 heterocycles. The molecule has 0 radical (unpaired) electrons. The van der Waals surface area contributed by atoms with E-state index in [1.807, 2.05) is 12.1 Å². The number of hydrogen-bond acceptors (Lipinski definition) is 3. The maximum absolute atomic E-state index is 10.7. The van der Waals surface area contributed by atoms with E-state index < -0.39 is 5.97 Å². The number of aromatic carboxylic acids is 1. The average Bonchev–Trinajstić information content (AvgIpc) is 2.38. The number of hydrogen-bond donors (Lipinski definition) is 2. The molecule has 2 saturated heterocycles. The van der Waals surface area contributed by atoms with Crippen molar-refractivity contribution >= 4 is 11.7 Å². The quantitative estimate of drug-likeness (QED) is 0.805. The van der Waals surface area contributed by atoms with Crippen LogP contribution in [0.15, 0.2) is 24.3 Å². The van der Waals surface area contributed by atoms with Gasteiger partial charge in [0.05, 0.1) is 11.7 Å². The standard InChI is InChI=1S/C13H15NO3/c15-12-9-5-10(12)7-14(6-9)11-3-1-8(2-4-11)13(16)17/h1-4,9-10,12,15H,5-7H2,(H,16,17)/t9-,10+,12?. The highest BCUT2D eigenvalue weighted by Crippen LogP contribution is 2.41. The molecule has 2 N–H and O–H groups in total. The third kappa shape index (κ3) is 1.69. The largest absolute Gasteiger partial charge is 0.478 e. The van der Waals surface area contributed by atoms with Crippen molar-refractivity contribution in [3.8, 4) is 0 Å². The van der Waals surface area contributed by atoms with E-state index in [0.29, 0.717) is 17.4 Å². The van der Waals surface area contributed by atoms with Crippen molar-refractivity contribution < 1.29 is 15.0 Å². The molecule has 4 heteroatoms. The Labute approximate surface area is 99.5 Å². The van der Waals surface area contributed by atoms with Crippen molar-refractivity contribution in [3.63, 3.8) is 0 Å². The number of carboxylic acids is 1. The van der Waals surface area contributed by atoms with Crippen LogP contribution in [0.5, 0.6) is 0 Å². The lowest BCUT2D eigenvalue weighted by Gasteiger charge is -2.51. The third-order valence-corrected chi connectivity index (χ3v) is 3.96. The molecule has 90 valence electrons. The van der Waals surface area contributed by atoms with E-state index in [-0.39, 0.29) is 6.10 Å². The molecule has 17 heavy (non-hydrogen) atoms. The monoisotopic (exact) mass is 233 g/mol. The maximum Gasteiger partial charge on any atom is 0.335 e. The van der Waals surface area contributed by atoms with Gasteiger partial charge in [-0.3, -0.25) is 0 Å².